The van der Waals surface area contributed by atoms with Crippen LogP contribution in [-0.2, 0) is 24.2 Å². The maximum absolute atomic E-state index is 13.5. The molecule has 37 heavy (non-hydrogen) atoms. The Labute approximate surface area is 229 Å². The third kappa shape index (κ3) is 5.43. The molecule has 0 spiro atoms. The summed E-state index contributed by atoms with van der Waals surface area (Å²) in [5, 5.41) is 7.94. The molecule has 0 saturated carbocycles. The van der Waals surface area contributed by atoms with E-state index in [0.717, 1.165) is 23.5 Å². The predicted octanol–water partition coefficient (Wildman–Crippen LogP) is 6.38. The van der Waals surface area contributed by atoms with Crippen LogP contribution in [0.25, 0.3) is 11.3 Å². The van der Waals surface area contributed by atoms with Crippen LogP contribution in [0.1, 0.15) is 42.5 Å². The van der Waals surface area contributed by atoms with E-state index >= 15 is 0 Å². The molecule has 192 valence electrons. The van der Waals surface area contributed by atoms with Crippen molar-refractivity contribution in [1.29, 1.82) is 0 Å². The number of fused-ring (bicyclic) bond motifs is 1. The monoisotopic (exact) mass is 557 g/mol. The molecule has 0 radical (unpaired) electrons. The summed E-state index contributed by atoms with van der Waals surface area (Å²) in [4.78, 5) is 29.6. The lowest BCUT2D eigenvalue weighted by atomic mass is 10.0. The van der Waals surface area contributed by atoms with Crippen molar-refractivity contribution in [2.75, 3.05) is 19.0 Å². The summed E-state index contributed by atoms with van der Waals surface area (Å²) in [6.45, 7) is 3.97. The van der Waals surface area contributed by atoms with Crippen molar-refractivity contribution in [2.24, 2.45) is 0 Å². The fourth-order valence-electron chi connectivity index (χ4n) is 4.48. The number of methoxy groups -OCH3 is 1. The number of carbonyl (C=O) groups is 2. The Bertz CT molecular complexity index is 1430. The molecule has 0 bridgehead atoms. The first-order valence-corrected chi connectivity index (χ1v) is 12.7. The number of thiophene rings is 1. The van der Waals surface area contributed by atoms with E-state index in [2.05, 4.69) is 27.5 Å². The molecule has 2 aromatic carbocycles. The SMILES string of the molecule is COC(=O)c1c(NC(=O)c2c(-c3ccccc3Cl)noc2C)sc2c1CCN(Cc1ccccc1)C2.Cl. The lowest BCUT2D eigenvalue weighted by Gasteiger charge is -2.27. The number of ether oxygens (including phenoxy) is 1. The number of halogens is 2. The van der Waals surface area contributed by atoms with Crippen LogP contribution in [0.15, 0.2) is 59.1 Å². The van der Waals surface area contributed by atoms with Crippen LogP contribution in [0.5, 0.6) is 0 Å². The van der Waals surface area contributed by atoms with Gasteiger partial charge in [-0.05, 0) is 30.5 Å². The maximum atomic E-state index is 13.5. The van der Waals surface area contributed by atoms with E-state index in [4.69, 9.17) is 20.9 Å². The van der Waals surface area contributed by atoms with Gasteiger partial charge in [-0.1, -0.05) is 65.3 Å². The summed E-state index contributed by atoms with van der Waals surface area (Å²) < 4.78 is 10.4. The summed E-state index contributed by atoms with van der Waals surface area (Å²) in [6.07, 6.45) is 0.691. The molecular formula is C27H25Cl2N3O4S. The van der Waals surface area contributed by atoms with Gasteiger partial charge in [0.15, 0.2) is 0 Å². The van der Waals surface area contributed by atoms with E-state index in [1.54, 1.807) is 25.1 Å². The Kier molecular flexibility index (Phi) is 8.34. The normalized spacial score (nSPS) is 12.9. The number of anilines is 1. The Morgan fingerprint density at radius 1 is 1.14 bits per heavy atom. The number of nitrogens with zero attached hydrogens (tertiary/aromatic N) is 2. The van der Waals surface area contributed by atoms with Crippen LogP contribution < -0.4 is 5.32 Å². The lowest BCUT2D eigenvalue weighted by Crippen LogP contribution is -2.29. The molecule has 0 unspecified atom stereocenters. The maximum Gasteiger partial charge on any atom is 0.341 e. The highest BCUT2D eigenvalue weighted by molar-refractivity contribution is 7.17. The van der Waals surface area contributed by atoms with Crippen molar-refractivity contribution in [3.05, 3.63) is 92.5 Å². The van der Waals surface area contributed by atoms with Crippen LogP contribution in [0.4, 0.5) is 5.00 Å². The van der Waals surface area contributed by atoms with E-state index in [1.165, 1.54) is 24.0 Å². The quantitative estimate of drug-likeness (QED) is 0.277. The predicted molar refractivity (Wildman–Crippen MR) is 147 cm³/mol. The van der Waals surface area contributed by atoms with Gasteiger partial charge >= 0.3 is 5.97 Å². The zero-order valence-corrected chi connectivity index (χ0v) is 22.6. The number of amides is 1. The Morgan fingerprint density at radius 3 is 2.59 bits per heavy atom. The lowest BCUT2D eigenvalue weighted by molar-refractivity contribution is 0.0600. The molecule has 2 aromatic heterocycles. The van der Waals surface area contributed by atoms with E-state index < -0.39 is 11.9 Å². The first-order valence-electron chi connectivity index (χ1n) is 11.5. The van der Waals surface area contributed by atoms with Crippen LogP contribution in [0, 0.1) is 6.92 Å². The number of rotatable bonds is 6. The largest absolute Gasteiger partial charge is 0.465 e. The van der Waals surface area contributed by atoms with Gasteiger partial charge in [-0.3, -0.25) is 9.69 Å². The second-order valence-corrected chi connectivity index (χ2v) is 10.1. The molecule has 0 saturated heterocycles. The molecule has 0 fully saturated rings. The summed E-state index contributed by atoms with van der Waals surface area (Å²) in [6, 6.07) is 17.4. The van der Waals surface area contributed by atoms with Crippen molar-refractivity contribution >= 4 is 52.2 Å². The first-order chi connectivity index (χ1) is 17.5. The highest BCUT2D eigenvalue weighted by Crippen LogP contribution is 2.39. The first kappa shape index (κ1) is 26.9. The van der Waals surface area contributed by atoms with Crippen molar-refractivity contribution in [1.82, 2.24) is 10.1 Å². The summed E-state index contributed by atoms with van der Waals surface area (Å²) >= 11 is 7.76. The smallest absolute Gasteiger partial charge is 0.341 e. The number of hydrogen-bond acceptors (Lipinski definition) is 7. The van der Waals surface area contributed by atoms with Crippen molar-refractivity contribution in [3.8, 4) is 11.3 Å². The Balaban J connectivity index is 0.00000320. The molecule has 1 amide bonds. The second kappa shape index (κ2) is 11.5. The van der Waals surface area contributed by atoms with Crippen molar-refractivity contribution in [3.63, 3.8) is 0 Å². The third-order valence-electron chi connectivity index (χ3n) is 6.22. The van der Waals surface area contributed by atoms with Crippen LogP contribution in [0.2, 0.25) is 5.02 Å². The van der Waals surface area contributed by atoms with Gasteiger partial charge in [-0.2, -0.15) is 0 Å². The van der Waals surface area contributed by atoms with Gasteiger partial charge in [0, 0.05) is 30.1 Å². The van der Waals surface area contributed by atoms with Gasteiger partial charge in [-0.15, -0.1) is 23.7 Å². The van der Waals surface area contributed by atoms with E-state index in [-0.39, 0.29) is 18.0 Å². The molecule has 1 N–H and O–H groups in total. The van der Waals surface area contributed by atoms with Gasteiger partial charge < -0.3 is 14.6 Å². The molecule has 1 aliphatic rings. The fourth-order valence-corrected chi connectivity index (χ4v) is 5.98. The zero-order valence-electron chi connectivity index (χ0n) is 20.2. The molecule has 0 aliphatic carbocycles. The number of hydrogen-bond donors (Lipinski definition) is 1. The molecule has 7 nitrogen and oxygen atoms in total. The van der Waals surface area contributed by atoms with Gasteiger partial charge in [-0.25, -0.2) is 4.79 Å². The number of aromatic nitrogens is 1. The number of carbonyl (C=O) groups excluding carboxylic acids is 2. The summed E-state index contributed by atoms with van der Waals surface area (Å²) in [5.74, 6) is -0.529. The zero-order chi connectivity index (χ0) is 25.2. The molecule has 10 heteroatoms. The van der Waals surface area contributed by atoms with Crippen molar-refractivity contribution in [2.45, 2.75) is 26.4 Å². The van der Waals surface area contributed by atoms with E-state index in [1.807, 2.05) is 24.3 Å². The van der Waals surface area contributed by atoms with E-state index in [0.29, 0.717) is 45.6 Å². The van der Waals surface area contributed by atoms with Gasteiger partial charge in [0.25, 0.3) is 5.91 Å². The molecule has 4 aromatic rings. The minimum Gasteiger partial charge on any atom is -0.465 e. The Hall–Kier alpha value is -3.17. The number of nitrogens with one attached hydrogen (secondary N) is 1. The molecular weight excluding hydrogens is 533 g/mol. The Morgan fingerprint density at radius 2 is 1.86 bits per heavy atom. The van der Waals surface area contributed by atoms with Crippen molar-refractivity contribution < 1.29 is 18.8 Å². The molecule has 3 heterocycles. The average Bonchev–Trinajstić information content (AvgIpc) is 3.44. The van der Waals surface area contributed by atoms with Gasteiger partial charge in [0.05, 0.1) is 17.7 Å². The van der Waals surface area contributed by atoms with Crippen LogP contribution in [0.3, 0.4) is 0 Å². The summed E-state index contributed by atoms with van der Waals surface area (Å²) in [5.41, 5.74) is 3.80. The molecule has 5 rings (SSSR count). The minimum atomic E-state index is -0.465. The molecule has 1 aliphatic heterocycles. The second-order valence-electron chi connectivity index (χ2n) is 8.54. The third-order valence-corrected chi connectivity index (χ3v) is 7.68. The van der Waals surface area contributed by atoms with Gasteiger partial charge in [0.2, 0.25) is 0 Å². The van der Waals surface area contributed by atoms with Crippen LogP contribution in [-0.4, -0.2) is 35.6 Å². The van der Waals surface area contributed by atoms with Gasteiger partial charge in [0.1, 0.15) is 22.0 Å². The summed E-state index contributed by atoms with van der Waals surface area (Å²) in [7, 11) is 1.35. The highest BCUT2D eigenvalue weighted by atomic mass is 35.5. The average molecular weight is 558 g/mol. The minimum absolute atomic E-state index is 0. The molecule has 0 atom stereocenters. The number of esters is 1. The van der Waals surface area contributed by atoms with E-state index in [9.17, 15) is 9.59 Å². The number of benzene rings is 2. The fraction of sp³-hybridized carbons (Fsp3) is 0.222. The number of aryl methyl sites for hydroxylation is 1. The van der Waals surface area contributed by atoms with Crippen LogP contribution >= 0.6 is 35.3 Å². The standard InChI is InChI=1S/C27H24ClN3O4S.ClH/c1-16-22(24(30-35-16)18-10-6-7-11-20(18)28)25(32)29-26-23(27(33)34-2)19-12-13-31(15-21(19)36-26)14-17-8-4-3-5-9-17;/h3-11H,12-15H2,1-2H3,(H,29,32);1H. The topological polar surface area (TPSA) is 84.7 Å². The highest BCUT2D eigenvalue weighted by Gasteiger charge is 2.31.